The standard InChI is InChI=1S/C36H40ClNO4SSi/c1-36(2,3)44(29-14-7-5-8-15-29,30-16-9-6-10-17-30)42-25-32-33(40-23-26-19-21-28(39-4)22-20-26)34(35(43)38-32)41-24-27-13-11-12-18-31(27)37/h5-22,32-34H,23-25H2,1-4H3,(H,38,43). The molecule has 4 aromatic carbocycles. The minimum atomic E-state index is -2.78. The average Bonchev–Trinajstić information content (AvgIpc) is 3.34. The van der Waals surface area contributed by atoms with Gasteiger partial charge in [0.05, 0.1) is 33.0 Å². The summed E-state index contributed by atoms with van der Waals surface area (Å²) in [6.45, 7) is 7.93. The predicted molar refractivity (Wildman–Crippen MR) is 185 cm³/mol. The number of hydrogen-bond donors (Lipinski definition) is 1. The van der Waals surface area contributed by atoms with Gasteiger partial charge in [-0.15, -0.1) is 0 Å². The van der Waals surface area contributed by atoms with Crippen LogP contribution in [-0.2, 0) is 27.1 Å². The van der Waals surface area contributed by atoms with Crippen LogP contribution in [0.3, 0.4) is 0 Å². The summed E-state index contributed by atoms with van der Waals surface area (Å²) in [6, 6.07) is 36.6. The van der Waals surface area contributed by atoms with Crippen LogP contribution in [0.1, 0.15) is 31.9 Å². The summed E-state index contributed by atoms with van der Waals surface area (Å²) in [6.07, 6.45) is -0.849. The fourth-order valence-electron chi connectivity index (χ4n) is 5.90. The summed E-state index contributed by atoms with van der Waals surface area (Å²) in [5.41, 5.74) is 1.93. The predicted octanol–water partition coefficient (Wildman–Crippen LogP) is 6.70. The number of rotatable bonds is 12. The van der Waals surface area contributed by atoms with Crippen LogP contribution in [0.2, 0.25) is 10.1 Å². The highest BCUT2D eigenvalue weighted by Crippen LogP contribution is 2.37. The lowest BCUT2D eigenvalue weighted by Gasteiger charge is -2.43. The molecular formula is C36H40ClNO4SSi. The Balaban J connectivity index is 1.44. The van der Waals surface area contributed by atoms with Gasteiger partial charge in [-0.2, -0.15) is 0 Å². The number of ether oxygens (including phenoxy) is 3. The third-order valence-corrected chi connectivity index (χ3v) is 13.9. The van der Waals surface area contributed by atoms with Gasteiger partial charge in [-0.1, -0.05) is 136 Å². The molecule has 1 N–H and O–H groups in total. The number of benzene rings is 4. The lowest BCUT2D eigenvalue weighted by Crippen LogP contribution is -2.67. The maximum atomic E-state index is 7.28. The van der Waals surface area contributed by atoms with Gasteiger partial charge < -0.3 is 24.0 Å². The summed E-state index contributed by atoms with van der Waals surface area (Å²) in [7, 11) is -1.12. The van der Waals surface area contributed by atoms with Crippen molar-refractivity contribution in [1.82, 2.24) is 5.32 Å². The summed E-state index contributed by atoms with van der Waals surface area (Å²) >= 11 is 12.3. The lowest BCUT2D eigenvalue weighted by atomic mass is 10.1. The molecule has 230 valence electrons. The molecule has 0 bridgehead atoms. The van der Waals surface area contributed by atoms with E-state index < -0.39 is 14.4 Å². The zero-order chi connectivity index (χ0) is 31.2. The van der Waals surface area contributed by atoms with Crippen molar-refractivity contribution in [1.29, 1.82) is 0 Å². The Morgan fingerprint density at radius 1 is 0.773 bits per heavy atom. The van der Waals surface area contributed by atoms with Crippen molar-refractivity contribution in [3.63, 3.8) is 0 Å². The molecule has 1 aliphatic heterocycles. The second kappa shape index (κ2) is 14.4. The van der Waals surface area contributed by atoms with Crippen LogP contribution in [0, 0.1) is 0 Å². The SMILES string of the molecule is COc1ccc(COC2C(CO[Si](c3ccccc3)(c3ccccc3)C(C)(C)C)NC(=S)C2OCc2ccccc2Cl)cc1. The van der Waals surface area contributed by atoms with Crippen LogP contribution in [-0.4, -0.2) is 45.3 Å². The van der Waals surface area contributed by atoms with E-state index in [2.05, 4.69) is 86.8 Å². The molecule has 0 aromatic heterocycles. The molecule has 1 saturated heterocycles. The smallest absolute Gasteiger partial charge is 0.261 e. The second-order valence-electron chi connectivity index (χ2n) is 12.0. The highest BCUT2D eigenvalue weighted by Gasteiger charge is 2.52. The third-order valence-electron chi connectivity index (χ3n) is 8.15. The minimum Gasteiger partial charge on any atom is -0.497 e. The number of nitrogens with one attached hydrogen (secondary N) is 1. The van der Waals surface area contributed by atoms with E-state index >= 15 is 0 Å². The van der Waals surface area contributed by atoms with Gasteiger partial charge >= 0.3 is 0 Å². The van der Waals surface area contributed by atoms with Gasteiger partial charge in [0.25, 0.3) is 8.32 Å². The summed E-state index contributed by atoms with van der Waals surface area (Å²) in [5, 5.41) is 6.46. The van der Waals surface area contributed by atoms with Crippen LogP contribution in [0.15, 0.2) is 109 Å². The first-order chi connectivity index (χ1) is 21.2. The Hall–Kier alpha value is -3.04. The first-order valence-electron chi connectivity index (χ1n) is 14.9. The van der Waals surface area contributed by atoms with Crippen molar-refractivity contribution in [3.05, 3.63) is 125 Å². The van der Waals surface area contributed by atoms with Crippen molar-refractivity contribution in [2.45, 2.75) is 57.3 Å². The monoisotopic (exact) mass is 645 g/mol. The van der Waals surface area contributed by atoms with Gasteiger partial charge in [0.15, 0.2) is 0 Å². The van der Waals surface area contributed by atoms with E-state index in [1.54, 1.807) is 7.11 Å². The van der Waals surface area contributed by atoms with E-state index in [4.69, 9.17) is 42.5 Å². The van der Waals surface area contributed by atoms with Crippen molar-refractivity contribution >= 4 is 47.5 Å². The molecule has 44 heavy (non-hydrogen) atoms. The summed E-state index contributed by atoms with van der Waals surface area (Å²) in [5.74, 6) is 0.801. The Kier molecular flexibility index (Phi) is 10.6. The molecule has 3 atom stereocenters. The molecule has 5 rings (SSSR count). The molecule has 0 saturated carbocycles. The quantitative estimate of drug-likeness (QED) is 0.137. The fourth-order valence-corrected chi connectivity index (χ4v) is 11.0. The van der Waals surface area contributed by atoms with Gasteiger partial charge in [0, 0.05) is 5.02 Å². The van der Waals surface area contributed by atoms with Crippen molar-refractivity contribution < 1.29 is 18.6 Å². The molecule has 0 aliphatic carbocycles. The Bertz CT molecular complexity index is 1480. The molecule has 1 heterocycles. The topological polar surface area (TPSA) is 49.0 Å². The third kappa shape index (κ3) is 7.09. The molecule has 4 aromatic rings. The molecule has 1 aliphatic rings. The summed E-state index contributed by atoms with van der Waals surface area (Å²) < 4.78 is 25.7. The largest absolute Gasteiger partial charge is 0.497 e. The minimum absolute atomic E-state index is 0.159. The van der Waals surface area contributed by atoms with E-state index in [0.717, 1.165) is 16.9 Å². The van der Waals surface area contributed by atoms with Gasteiger partial charge in [-0.3, -0.25) is 0 Å². The van der Waals surface area contributed by atoms with Gasteiger partial charge in [-0.25, -0.2) is 0 Å². The van der Waals surface area contributed by atoms with Crippen molar-refractivity contribution in [3.8, 4) is 5.75 Å². The van der Waals surface area contributed by atoms with Gasteiger partial charge in [0.1, 0.15) is 22.9 Å². The van der Waals surface area contributed by atoms with E-state index in [1.165, 1.54) is 10.4 Å². The van der Waals surface area contributed by atoms with Gasteiger partial charge in [-0.05, 0) is 44.7 Å². The Morgan fingerprint density at radius 2 is 1.36 bits per heavy atom. The first kappa shape index (κ1) is 32.4. The van der Waals surface area contributed by atoms with Crippen LogP contribution >= 0.6 is 23.8 Å². The first-order valence-corrected chi connectivity index (χ1v) is 17.6. The second-order valence-corrected chi connectivity index (χ2v) is 17.2. The lowest BCUT2D eigenvalue weighted by molar-refractivity contribution is -0.0608. The number of methoxy groups -OCH3 is 1. The van der Waals surface area contributed by atoms with Crippen LogP contribution in [0.5, 0.6) is 5.75 Å². The highest BCUT2D eigenvalue weighted by molar-refractivity contribution is 7.80. The van der Waals surface area contributed by atoms with E-state index in [-0.39, 0.29) is 17.2 Å². The van der Waals surface area contributed by atoms with E-state index in [1.807, 2.05) is 48.5 Å². The van der Waals surface area contributed by atoms with Crippen LogP contribution in [0.4, 0.5) is 0 Å². The molecule has 0 amide bonds. The molecule has 3 unspecified atom stereocenters. The van der Waals surface area contributed by atoms with Crippen LogP contribution < -0.4 is 20.4 Å². The summed E-state index contributed by atoms with van der Waals surface area (Å²) in [4.78, 5) is 0.604. The van der Waals surface area contributed by atoms with E-state index in [9.17, 15) is 0 Å². The fraction of sp³-hybridized carbons (Fsp3) is 0.306. The maximum absolute atomic E-state index is 7.28. The number of halogens is 1. The zero-order valence-corrected chi connectivity index (χ0v) is 28.2. The van der Waals surface area contributed by atoms with Crippen molar-refractivity contribution in [2.75, 3.05) is 13.7 Å². The molecular weight excluding hydrogens is 606 g/mol. The van der Waals surface area contributed by atoms with Crippen LogP contribution in [0.25, 0.3) is 0 Å². The molecule has 0 radical (unpaired) electrons. The molecule has 1 fully saturated rings. The van der Waals surface area contributed by atoms with E-state index in [0.29, 0.717) is 29.8 Å². The van der Waals surface area contributed by atoms with Crippen molar-refractivity contribution in [2.24, 2.45) is 0 Å². The highest BCUT2D eigenvalue weighted by atomic mass is 35.5. The van der Waals surface area contributed by atoms with Gasteiger partial charge in [0.2, 0.25) is 0 Å². The molecule has 8 heteroatoms. The number of hydrogen-bond acceptors (Lipinski definition) is 5. The number of thiocarbonyl (C=S) groups is 1. The Morgan fingerprint density at radius 3 is 1.93 bits per heavy atom. The maximum Gasteiger partial charge on any atom is 0.261 e. The molecule has 5 nitrogen and oxygen atoms in total. The zero-order valence-electron chi connectivity index (χ0n) is 25.7. The Labute approximate surface area is 272 Å². The molecule has 0 spiro atoms. The average molecular weight is 646 g/mol. The normalized spacial score (nSPS) is 18.7.